The van der Waals surface area contributed by atoms with E-state index in [1.807, 2.05) is 13.8 Å². The third-order valence-corrected chi connectivity index (χ3v) is 5.04. The van der Waals surface area contributed by atoms with E-state index < -0.39 is 14.9 Å². The first-order valence-corrected chi connectivity index (χ1v) is 8.11. The van der Waals surface area contributed by atoms with Gasteiger partial charge in [0.2, 0.25) is 10.0 Å². The van der Waals surface area contributed by atoms with Crippen molar-refractivity contribution in [1.29, 1.82) is 0 Å². The highest BCUT2D eigenvalue weighted by Gasteiger charge is 2.22. The molecule has 0 atom stereocenters. The fraction of sp³-hybridized carbons (Fsp3) is 0.500. The lowest BCUT2D eigenvalue weighted by Crippen LogP contribution is -2.29. The molecule has 1 aromatic rings. The van der Waals surface area contributed by atoms with Crippen molar-refractivity contribution in [2.75, 3.05) is 6.54 Å². The largest absolute Gasteiger partial charge is 0.270 e. The van der Waals surface area contributed by atoms with Crippen molar-refractivity contribution in [3.05, 3.63) is 33.3 Å². The van der Waals surface area contributed by atoms with Gasteiger partial charge < -0.3 is 0 Å². The summed E-state index contributed by atoms with van der Waals surface area (Å²) in [5.41, 5.74) is -0.308. The van der Waals surface area contributed by atoms with Crippen LogP contribution in [0, 0.1) is 16.0 Å². The monoisotopic (exact) mass is 320 g/mol. The van der Waals surface area contributed by atoms with E-state index in [0.717, 1.165) is 18.9 Å². The van der Waals surface area contributed by atoms with Gasteiger partial charge in [-0.3, -0.25) is 10.1 Å². The van der Waals surface area contributed by atoms with Gasteiger partial charge in [0, 0.05) is 18.7 Å². The summed E-state index contributed by atoms with van der Waals surface area (Å²) in [6.45, 7) is 4.24. The number of nitro groups is 1. The number of sulfonamides is 1. The molecule has 0 saturated heterocycles. The number of hydrogen-bond acceptors (Lipinski definition) is 4. The molecule has 112 valence electrons. The molecule has 1 aromatic carbocycles. The molecule has 0 bridgehead atoms. The first-order chi connectivity index (χ1) is 9.31. The Labute approximate surface area is 123 Å². The summed E-state index contributed by atoms with van der Waals surface area (Å²) in [7, 11) is -3.85. The molecule has 0 unspecified atom stereocenters. The third kappa shape index (κ3) is 4.16. The number of non-ortho nitro benzene ring substituents is 1. The van der Waals surface area contributed by atoms with Crippen LogP contribution in [0.3, 0.4) is 0 Å². The Morgan fingerprint density at radius 3 is 2.45 bits per heavy atom. The van der Waals surface area contributed by atoms with E-state index in [-0.39, 0.29) is 28.1 Å². The van der Waals surface area contributed by atoms with Crippen molar-refractivity contribution < 1.29 is 13.3 Å². The minimum absolute atomic E-state index is 0.0346. The van der Waals surface area contributed by atoms with Crippen molar-refractivity contribution in [2.45, 2.75) is 31.6 Å². The number of benzene rings is 1. The SMILES string of the molecule is CCC(CC)CNS(=O)(=O)c1cc([N+](=O)[O-])ccc1Cl. The summed E-state index contributed by atoms with van der Waals surface area (Å²) in [5.74, 6) is 0.224. The molecule has 0 fully saturated rings. The van der Waals surface area contributed by atoms with Crippen LogP contribution in [0.2, 0.25) is 5.02 Å². The number of halogens is 1. The fourth-order valence-electron chi connectivity index (χ4n) is 1.69. The lowest BCUT2D eigenvalue weighted by Gasteiger charge is -2.14. The highest BCUT2D eigenvalue weighted by Crippen LogP contribution is 2.26. The molecular formula is C12H17ClN2O4S. The van der Waals surface area contributed by atoms with Crippen LogP contribution in [0.25, 0.3) is 0 Å². The molecule has 1 N–H and O–H groups in total. The Morgan fingerprint density at radius 1 is 1.35 bits per heavy atom. The van der Waals surface area contributed by atoms with Crippen molar-refractivity contribution in [3.8, 4) is 0 Å². The zero-order valence-corrected chi connectivity index (χ0v) is 12.9. The van der Waals surface area contributed by atoms with Crippen molar-refractivity contribution in [2.24, 2.45) is 5.92 Å². The normalized spacial score (nSPS) is 11.8. The van der Waals surface area contributed by atoms with Crippen molar-refractivity contribution in [3.63, 3.8) is 0 Å². The molecule has 1 rings (SSSR count). The number of nitro benzene ring substituents is 1. The third-order valence-electron chi connectivity index (χ3n) is 3.13. The summed E-state index contributed by atoms with van der Waals surface area (Å²) in [6, 6.07) is 3.35. The second kappa shape index (κ2) is 7.01. The number of nitrogens with zero attached hydrogens (tertiary/aromatic N) is 1. The number of rotatable bonds is 7. The van der Waals surface area contributed by atoms with Crippen LogP contribution < -0.4 is 4.72 Å². The molecule has 0 aromatic heterocycles. The van der Waals surface area contributed by atoms with E-state index in [0.29, 0.717) is 0 Å². The van der Waals surface area contributed by atoms with Gasteiger partial charge in [-0.05, 0) is 12.0 Å². The lowest BCUT2D eigenvalue weighted by molar-refractivity contribution is -0.385. The average molecular weight is 321 g/mol. The van der Waals surface area contributed by atoms with E-state index in [1.165, 1.54) is 12.1 Å². The van der Waals surface area contributed by atoms with Crippen LogP contribution in [0.4, 0.5) is 5.69 Å². The van der Waals surface area contributed by atoms with Gasteiger partial charge in [-0.25, -0.2) is 13.1 Å². The first-order valence-electron chi connectivity index (χ1n) is 6.25. The van der Waals surface area contributed by atoms with Crippen LogP contribution in [0.5, 0.6) is 0 Å². The maximum absolute atomic E-state index is 12.1. The van der Waals surface area contributed by atoms with Crippen LogP contribution in [0.1, 0.15) is 26.7 Å². The maximum atomic E-state index is 12.1. The van der Waals surface area contributed by atoms with Gasteiger partial charge in [0.25, 0.3) is 5.69 Å². The summed E-state index contributed by atoms with van der Waals surface area (Å²) in [4.78, 5) is 9.78. The van der Waals surface area contributed by atoms with Gasteiger partial charge in [-0.1, -0.05) is 38.3 Å². The lowest BCUT2D eigenvalue weighted by atomic mass is 10.0. The standard InChI is InChI=1S/C12H17ClN2O4S/c1-3-9(4-2)8-14-20(18,19)12-7-10(15(16)17)5-6-11(12)13/h5-7,9,14H,3-4,8H2,1-2H3. The van der Waals surface area contributed by atoms with Gasteiger partial charge in [0.05, 0.1) is 9.95 Å². The molecular weight excluding hydrogens is 304 g/mol. The Morgan fingerprint density at radius 2 is 1.95 bits per heavy atom. The summed E-state index contributed by atoms with van der Waals surface area (Å²) in [5, 5.41) is 10.7. The molecule has 8 heteroatoms. The summed E-state index contributed by atoms with van der Waals surface area (Å²) >= 11 is 5.83. The molecule has 0 spiro atoms. The Bertz CT molecular complexity index is 585. The van der Waals surface area contributed by atoms with Gasteiger partial charge in [0.15, 0.2) is 0 Å². The molecule has 0 saturated carbocycles. The van der Waals surface area contributed by atoms with E-state index in [1.54, 1.807) is 0 Å². The first kappa shape index (κ1) is 16.9. The van der Waals surface area contributed by atoms with Gasteiger partial charge >= 0.3 is 0 Å². The second-order valence-electron chi connectivity index (χ2n) is 4.41. The maximum Gasteiger partial charge on any atom is 0.270 e. The molecule has 20 heavy (non-hydrogen) atoms. The topological polar surface area (TPSA) is 89.3 Å². The molecule has 0 heterocycles. The van der Waals surface area contributed by atoms with Crippen LogP contribution >= 0.6 is 11.6 Å². The smallest absolute Gasteiger partial charge is 0.258 e. The van der Waals surface area contributed by atoms with Crippen molar-refractivity contribution in [1.82, 2.24) is 4.72 Å². The van der Waals surface area contributed by atoms with Gasteiger partial charge in [0.1, 0.15) is 4.90 Å². The van der Waals surface area contributed by atoms with Crippen LogP contribution in [-0.4, -0.2) is 19.9 Å². The minimum atomic E-state index is -3.85. The van der Waals surface area contributed by atoms with E-state index in [2.05, 4.69) is 4.72 Å². The van der Waals surface area contributed by atoms with E-state index >= 15 is 0 Å². The second-order valence-corrected chi connectivity index (χ2v) is 6.55. The predicted octanol–water partition coefficient (Wildman–Crippen LogP) is 2.96. The van der Waals surface area contributed by atoms with Crippen LogP contribution in [0.15, 0.2) is 23.1 Å². The quantitative estimate of drug-likeness (QED) is 0.617. The van der Waals surface area contributed by atoms with E-state index in [4.69, 9.17) is 11.6 Å². The summed E-state index contributed by atoms with van der Waals surface area (Å²) < 4.78 is 26.7. The Hall–Kier alpha value is -1.18. The molecule has 0 aliphatic carbocycles. The molecule has 0 aliphatic rings. The molecule has 6 nitrogen and oxygen atoms in total. The fourth-order valence-corrected chi connectivity index (χ4v) is 3.33. The highest BCUT2D eigenvalue weighted by molar-refractivity contribution is 7.89. The molecule has 0 radical (unpaired) electrons. The van der Waals surface area contributed by atoms with Crippen LogP contribution in [-0.2, 0) is 10.0 Å². The number of nitrogens with one attached hydrogen (secondary N) is 1. The Balaban J connectivity index is 3.03. The van der Waals surface area contributed by atoms with Gasteiger partial charge in [-0.2, -0.15) is 0 Å². The highest BCUT2D eigenvalue weighted by atomic mass is 35.5. The molecule has 0 amide bonds. The van der Waals surface area contributed by atoms with Gasteiger partial charge in [-0.15, -0.1) is 0 Å². The zero-order valence-electron chi connectivity index (χ0n) is 11.3. The average Bonchev–Trinajstić information content (AvgIpc) is 2.39. The summed E-state index contributed by atoms with van der Waals surface area (Å²) in [6.07, 6.45) is 1.70. The zero-order chi connectivity index (χ0) is 15.3. The predicted molar refractivity (Wildman–Crippen MR) is 77.4 cm³/mol. The number of hydrogen-bond donors (Lipinski definition) is 1. The minimum Gasteiger partial charge on any atom is -0.258 e. The van der Waals surface area contributed by atoms with Crippen molar-refractivity contribution >= 4 is 27.3 Å². The molecule has 0 aliphatic heterocycles. The Kier molecular flexibility index (Phi) is 5.91. The van der Waals surface area contributed by atoms with E-state index in [9.17, 15) is 18.5 Å².